The molecule has 0 aromatic heterocycles. The number of carbonyl (C=O) groups is 2. The molecule has 1 N–H and O–H groups in total. The van der Waals surface area contributed by atoms with Gasteiger partial charge in [0.1, 0.15) is 0 Å². The molecule has 2 aliphatic rings. The van der Waals surface area contributed by atoms with Crippen molar-refractivity contribution < 1.29 is 14.3 Å². The van der Waals surface area contributed by atoms with Gasteiger partial charge in [0.25, 0.3) is 11.5 Å². The molecule has 29 heavy (non-hydrogen) atoms. The fourth-order valence-electron chi connectivity index (χ4n) is 3.14. The van der Waals surface area contributed by atoms with E-state index in [2.05, 4.69) is 43.0 Å². The standard InChI is InChI=1S/C21H38N4O3S/c1-15(2)12-13-17(26)18-25(19(27)22-16-10-8-7-9-11-16)23-20(28-18)29-14-21(3,4)24(5)6/h15-16,18H,7-14H2,1-6H3,(H,22,27). The van der Waals surface area contributed by atoms with Crippen molar-refractivity contribution in [1.29, 1.82) is 0 Å². The number of rotatable bonds is 8. The SMILES string of the molecule is CC(C)CCC(=O)C1OC(SCC(C)(C)N(C)C)=NN1C(=O)NC1CCCCC1. The molecule has 1 aliphatic carbocycles. The molecule has 1 unspecified atom stereocenters. The number of ether oxygens (including phenoxy) is 1. The van der Waals surface area contributed by atoms with Crippen molar-refractivity contribution >= 4 is 28.8 Å². The van der Waals surface area contributed by atoms with Gasteiger partial charge in [-0.15, -0.1) is 5.10 Å². The number of hydrogen-bond donors (Lipinski definition) is 1. The quantitative estimate of drug-likeness (QED) is 0.634. The fraction of sp³-hybridized carbons (Fsp3) is 0.857. The molecular weight excluding hydrogens is 388 g/mol. The van der Waals surface area contributed by atoms with E-state index in [9.17, 15) is 9.59 Å². The first-order valence-corrected chi connectivity index (χ1v) is 11.8. The summed E-state index contributed by atoms with van der Waals surface area (Å²) in [4.78, 5) is 27.8. The summed E-state index contributed by atoms with van der Waals surface area (Å²) >= 11 is 1.44. The molecule has 1 saturated carbocycles. The Hall–Kier alpha value is -1.28. The Morgan fingerprint density at radius 2 is 1.93 bits per heavy atom. The van der Waals surface area contributed by atoms with Gasteiger partial charge in [0.05, 0.1) is 0 Å². The van der Waals surface area contributed by atoms with Gasteiger partial charge in [-0.1, -0.05) is 44.9 Å². The molecular formula is C21H38N4O3S. The maximum atomic E-state index is 12.9. The van der Waals surface area contributed by atoms with Crippen molar-refractivity contribution in [3.63, 3.8) is 0 Å². The Balaban J connectivity index is 2.05. The fourth-order valence-corrected chi connectivity index (χ4v) is 4.18. The highest BCUT2D eigenvalue weighted by Gasteiger charge is 2.39. The summed E-state index contributed by atoms with van der Waals surface area (Å²) in [5.74, 6) is 1.06. The zero-order valence-electron chi connectivity index (χ0n) is 18.9. The van der Waals surface area contributed by atoms with Crippen LogP contribution in [-0.4, -0.2) is 64.6 Å². The third-order valence-electron chi connectivity index (χ3n) is 5.77. The Bertz CT molecular complexity index is 601. The lowest BCUT2D eigenvalue weighted by Gasteiger charge is -2.31. The van der Waals surface area contributed by atoms with E-state index in [1.54, 1.807) is 0 Å². The molecule has 0 spiro atoms. The molecule has 0 bridgehead atoms. The van der Waals surface area contributed by atoms with Crippen LogP contribution in [0.1, 0.15) is 72.6 Å². The number of carbonyl (C=O) groups excluding carboxylic acids is 2. The number of nitrogens with one attached hydrogen (secondary N) is 1. The van der Waals surface area contributed by atoms with E-state index in [1.807, 2.05) is 14.1 Å². The van der Waals surface area contributed by atoms with E-state index in [0.29, 0.717) is 17.6 Å². The van der Waals surface area contributed by atoms with Crippen LogP contribution in [0.4, 0.5) is 4.79 Å². The molecule has 2 amide bonds. The summed E-state index contributed by atoms with van der Waals surface area (Å²) in [7, 11) is 4.06. The average Bonchev–Trinajstić information content (AvgIpc) is 3.10. The third kappa shape index (κ3) is 7.17. The van der Waals surface area contributed by atoms with E-state index in [4.69, 9.17) is 4.74 Å². The molecule has 0 aromatic carbocycles. The first-order chi connectivity index (χ1) is 13.6. The lowest BCUT2D eigenvalue weighted by molar-refractivity contribution is -0.131. The Morgan fingerprint density at radius 1 is 1.28 bits per heavy atom. The summed E-state index contributed by atoms with van der Waals surface area (Å²) in [5, 5.41) is 9.05. The molecule has 7 nitrogen and oxygen atoms in total. The maximum Gasteiger partial charge on any atom is 0.341 e. The topological polar surface area (TPSA) is 74.2 Å². The van der Waals surface area contributed by atoms with E-state index in [-0.39, 0.29) is 23.4 Å². The minimum Gasteiger partial charge on any atom is -0.438 e. The van der Waals surface area contributed by atoms with Crippen LogP contribution in [0.15, 0.2) is 5.10 Å². The number of hydrogen-bond acceptors (Lipinski definition) is 6. The highest BCUT2D eigenvalue weighted by molar-refractivity contribution is 8.13. The molecule has 1 atom stereocenters. The van der Waals surface area contributed by atoms with Gasteiger partial charge < -0.3 is 15.0 Å². The maximum absolute atomic E-state index is 12.9. The first-order valence-electron chi connectivity index (χ1n) is 10.8. The summed E-state index contributed by atoms with van der Waals surface area (Å²) < 4.78 is 5.86. The van der Waals surface area contributed by atoms with Crippen LogP contribution in [0.25, 0.3) is 0 Å². The summed E-state index contributed by atoms with van der Waals surface area (Å²) in [6, 6.07) is -0.176. The van der Waals surface area contributed by atoms with Gasteiger partial charge in [0.2, 0.25) is 0 Å². The molecule has 1 fully saturated rings. The first kappa shape index (κ1) is 24.0. The zero-order chi connectivity index (χ0) is 21.6. The second-order valence-corrected chi connectivity index (χ2v) is 10.3. The van der Waals surface area contributed by atoms with Gasteiger partial charge in [-0.05, 0) is 53.1 Å². The summed E-state index contributed by atoms with van der Waals surface area (Å²) in [6.45, 7) is 8.43. The number of hydrazone groups is 1. The summed E-state index contributed by atoms with van der Waals surface area (Å²) in [5.41, 5.74) is -0.0640. The smallest absolute Gasteiger partial charge is 0.341 e. The Kier molecular flexibility index (Phi) is 8.82. The average molecular weight is 427 g/mol. The van der Waals surface area contributed by atoms with Gasteiger partial charge in [0.15, 0.2) is 5.78 Å². The van der Waals surface area contributed by atoms with Crippen molar-refractivity contribution in [2.45, 2.75) is 90.4 Å². The number of Topliss-reactive ketones (excluding diaryl/α,β-unsaturated/α-hetero) is 1. The predicted molar refractivity (Wildman–Crippen MR) is 119 cm³/mol. The Labute approximate surface area is 180 Å². The van der Waals surface area contributed by atoms with Crippen molar-refractivity contribution in [2.24, 2.45) is 11.0 Å². The van der Waals surface area contributed by atoms with Crippen LogP contribution in [0, 0.1) is 5.92 Å². The molecule has 1 aliphatic heterocycles. The van der Waals surface area contributed by atoms with Crippen molar-refractivity contribution in [3.05, 3.63) is 0 Å². The van der Waals surface area contributed by atoms with E-state index < -0.39 is 6.23 Å². The van der Waals surface area contributed by atoms with Gasteiger partial charge in [-0.3, -0.25) is 4.79 Å². The lowest BCUT2D eigenvalue weighted by Crippen LogP contribution is -2.48. The molecule has 0 saturated heterocycles. The number of thioether (sulfide) groups is 1. The van der Waals surface area contributed by atoms with Crippen molar-refractivity contribution in [2.75, 3.05) is 19.8 Å². The van der Waals surface area contributed by atoms with Crippen LogP contribution in [-0.2, 0) is 9.53 Å². The van der Waals surface area contributed by atoms with Gasteiger partial charge in [-0.25, -0.2) is 4.79 Å². The summed E-state index contributed by atoms with van der Waals surface area (Å²) in [6.07, 6.45) is 5.63. The van der Waals surface area contributed by atoms with Crippen LogP contribution >= 0.6 is 11.8 Å². The highest BCUT2D eigenvalue weighted by Crippen LogP contribution is 2.26. The number of amides is 2. The molecule has 166 valence electrons. The van der Waals surface area contributed by atoms with Gasteiger partial charge in [-0.2, -0.15) is 5.01 Å². The normalized spacial score (nSPS) is 20.8. The van der Waals surface area contributed by atoms with Crippen LogP contribution in [0.3, 0.4) is 0 Å². The van der Waals surface area contributed by atoms with E-state index in [0.717, 1.165) is 37.9 Å². The molecule has 2 rings (SSSR count). The predicted octanol–water partition coefficient (Wildman–Crippen LogP) is 4.04. The minimum absolute atomic E-state index is 0.0640. The zero-order valence-corrected chi connectivity index (χ0v) is 19.7. The highest BCUT2D eigenvalue weighted by atomic mass is 32.2. The van der Waals surface area contributed by atoms with Crippen LogP contribution < -0.4 is 5.32 Å². The van der Waals surface area contributed by atoms with Crippen molar-refractivity contribution in [3.8, 4) is 0 Å². The second kappa shape index (κ2) is 10.7. The lowest BCUT2D eigenvalue weighted by atomic mass is 9.96. The molecule has 8 heteroatoms. The third-order valence-corrected chi connectivity index (χ3v) is 7.04. The van der Waals surface area contributed by atoms with Crippen LogP contribution in [0.2, 0.25) is 0 Å². The number of ketones is 1. The molecule has 0 aromatic rings. The molecule has 1 heterocycles. The minimum atomic E-state index is -0.956. The Morgan fingerprint density at radius 3 is 2.52 bits per heavy atom. The monoisotopic (exact) mass is 426 g/mol. The van der Waals surface area contributed by atoms with E-state index >= 15 is 0 Å². The molecule has 0 radical (unpaired) electrons. The van der Waals surface area contributed by atoms with E-state index in [1.165, 1.54) is 23.2 Å². The van der Waals surface area contributed by atoms with Gasteiger partial charge >= 0.3 is 6.03 Å². The van der Waals surface area contributed by atoms with Crippen molar-refractivity contribution in [1.82, 2.24) is 15.2 Å². The second-order valence-electron chi connectivity index (χ2n) is 9.36. The van der Waals surface area contributed by atoms with Gasteiger partial charge in [0, 0.05) is 23.8 Å². The van der Waals surface area contributed by atoms with Crippen LogP contribution in [0.5, 0.6) is 0 Å². The number of urea groups is 1. The largest absolute Gasteiger partial charge is 0.438 e. The number of nitrogens with zero attached hydrogens (tertiary/aromatic N) is 3.